The molecule has 0 saturated carbocycles. The van der Waals surface area contributed by atoms with Gasteiger partial charge in [0, 0.05) is 23.9 Å². The fourth-order valence-corrected chi connectivity index (χ4v) is 3.72. The summed E-state index contributed by atoms with van der Waals surface area (Å²) in [5.74, 6) is 0.795. The summed E-state index contributed by atoms with van der Waals surface area (Å²) in [6.07, 6.45) is 3.10. The van der Waals surface area contributed by atoms with Gasteiger partial charge in [-0.05, 0) is 25.0 Å². The van der Waals surface area contributed by atoms with Crippen molar-refractivity contribution in [2.45, 2.75) is 32.7 Å². The Morgan fingerprint density at radius 2 is 1.85 bits per heavy atom. The molecule has 0 amide bonds. The Hall–Kier alpha value is -1.20. The van der Waals surface area contributed by atoms with E-state index in [1.807, 2.05) is 44.3 Å². The Kier molecular flexibility index (Phi) is 9.51. The number of rotatable bonds is 7. The highest BCUT2D eigenvalue weighted by Crippen LogP contribution is 2.11. The standard InChI is InChI=1S/C17H24N4O2S2.HI/c1-4-18-17(21-11-16-19-9-13(2)24-16)20-10-14-5-7-15(8-6-14)12-25(3,22)23;/h5-9H,4,10-12H2,1-3H3,(H2,18,20,21);1H. The fourth-order valence-electron chi connectivity index (χ4n) is 2.20. The minimum atomic E-state index is -3.01. The molecule has 1 aromatic carbocycles. The molecule has 0 unspecified atom stereocenters. The van der Waals surface area contributed by atoms with Crippen molar-refractivity contribution in [3.8, 4) is 0 Å². The maximum atomic E-state index is 11.3. The molecule has 0 aliphatic heterocycles. The molecule has 26 heavy (non-hydrogen) atoms. The third-order valence-electron chi connectivity index (χ3n) is 3.29. The number of halogens is 1. The molecule has 144 valence electrons. The molecule has 0 aliphatic rings. The molecule has 2 N–H and O–H groups in total. The zero-order chi connectivity index (χ0) is 18.3. The number of hydrogen-bond donors (Lipinski definition) is 2. The Morgan fingerprint density at radius 3 is 2.38 bits per heavy atom. The summed E-state index contributed by atoms with van der Waals surface area (Å²) in [6, 6.07) is 7.50. The highest BCUT2D eigenvalue weighted by atomic mass is 127. The van der Waals surface area contributed by atoms with Gasteiger partial charge in [-0.15, -0.1) is 35.3 Å². The third-order valence-corrected chi connectivity index (χ3v) is 5.06. The monoisotopic (exact) mass is 508 g/mol. The largest absolute Gasteiger partial charge is 0.357 e. The van der Waals surface area contributed by atoms with E-state index in [9.17, 15) is 8.42 Å². The first-order valence-electron chi connectivity index (χ1n) is 8.05. The maximum absolute atomic E-state index is 11.3. The summed E-state index contributed by atoms with van der Waals surface area (Å²) < 4.78 is 22.6. The molecule has 0 spiro atoms. The Labute approximate surface area is 176 Å². The molecule has 6 nitrogen and oxygen atoms in total. The van der Waals surface area contributed by atoms with Crippen LogP contribution in [0.4, 0.5) is 0 Å². The van der Waals surface area contributed by atoms with Crippen molar-refractivity contribution in [2.24, 2.45) is 4.99 Å². The smallest absolute Gasteiger partial charge is 0.191 e. The summed E-state index contributed by atoms with van der Waals surface area (Å²) in [5.41, 5.74) is 1.82. The highest BCUT2D eigenvalue weighted by Gasteiger charge is 2.05. The molecule has 0 bridgehead atoms. The van der Waals surface area contributed by atoms with E-state index in [4.69, 9.17) is 0 Å². The van der Waals surface area contributed by atoms with Crippen molar-refractivity contribution < 1.29 is 8.42 Å². The summed E-state index contributed by atoms with van der Waals surface area (Å²) in [5, 5.41) is 7.50. The molecule has 2 rings (SSSR count). The minimum absolute atomic E-state index is 0. The van der Waals surface area contributed by atoms with Crippen LogP contribution in [0, 0.1) is 6.92 Å². The maximum Gasteiger partial charge on any atom is 0.191 e. The van der Waals surface area contributed by atoms with Gasteiger partial charge in [0.15, 0.2) is 15.8 Å². The van der Waals surface area contributed by atoms with Gasteiger partial charge in [-0.2, -0.15) is 0 Å². The second-order valence-corrected chi connectivity index (χ2v) is 9.26. The second-order valence-electron chi connectivity index (χ2n) is 5.80. The van der Waals surface area contributed by atoms with Crippen LogP contribution in [0.25, 0.3) is 0 Å². The molecule has 9 heteroatoms. The highest BCUT2D eigenvalue weighted by molar-refractivity contribution is 14.0. The van der Waals surface area contributed by atoms with Crippen LogP contribution in [-0.2, 0) is 28.7 Å². The van der Waals surface area contributed by atoms with E-state index in [1.165, 1.54) is 11.1 Å². The summed E-state index contributed by atoms with van der Waals surface area (Å²) in [4.78, 5) is 10.1. The van der Waals surface area contributed by atoms with Crippen LogP contribution in [0.15, 0.2) is 35.5 Å². The second kappa shape index (κ2) is 10.8. The zero-order valence-electron chi connectivity index (χ0n) is 15.2. The number of aliphatic imine (C=N–C) groups is 1. The van der Waals surface area contributed by atoms with Gasteiger partial charge < -0.3 is 10.6 Å². The van der Waals surface area contributed by atoms with Crippen molar-refractivity contribution in [3.05, 3.63) is 51.5 Å². The predicted molar refractivity (Wildman–Crippen MR) is 119 cm³/mol. The van der Waals surface area contributed by atoms with Crippen molar-refractivity contribution in [3.63, 3.8) is 0 Å². The lowest BCUT2D eigenvalue weighted by Crippen LogP contribution is -2.36. The van der Waals surface area contributed by atoms with Gasteiger partial charge in [0.2, 0.25) is 0 Å². The van der Waals surface area contributed by atoms with Gasteiger partial charge in [0.25, 0.3) is 0 Å². The SMILES string of the molecule is CCNC(=NCc1ccc(CS(C)(=O)=O)cc1)NCc1ncc(C)s1.I. The summed E-state index contributed by atoms with van der Waals surface area (Å²) in [6.45, 7) is 5.98. The van der Waals surface area contributed by atoms with Gasteiger partial charge in [0.1, 0.15) is 5.01 Å². The Bertz CT molecular complexity index is 818. The van der Waals surface area contributed by atoms with Crippen molar-refractivity contribution in [1.29, 1.82) is 0 Å². The lowest BCUT2D eigenvalue weighted by atomic mass is 10.1. The quantitative estimate of drug-likeness (QED) is 0.342. The van der Waals surface area contributed by atoms with E-state index in [-0.39, 0.29) is 29.7 Å². The van der Waals surface area contributed by atoms with Gasteiger partial charge in [-0.1, -0.05) is 24.3 Å². The van der Waals surface area contributed by atoms with Crippen LogP contribution < -0.4 is 10.6 Å². The first kappa shape index (κ1) is 22.8. The van der Waals surface area contributed by atoms with E-state index >= 15 is 0 Å². The van der Waals surface area contributed by atoms with Gasteiger partial charge in [-0.3, -0.25) is 0 Å². The molecular formula is C17H25IN4O2S2. The van der Waals surface area contributed by atoms with Crippen LogP contribution in [-0.4, -0.2) is 32.2 Å². The number of hydrogen-bond acceptors (Lipinski definition) is 5. The molecule has 0 fully saturated rings. The lowest BCUT2D eigenvalue weighted by molar-refractivity contribution is 0.601. The Balaban J connectivity index is 0.00000338. The minimum Gasteiger partial charge on any atom is -0.357 e. The van der Waals surface area contributed by atoms with Crippen LogP contribution in [0.5, 0.6) is 0 Å². The first-order valence-corrected chi connectivity index (χ1v) is 10.9. The molecule has 0 aliphatic carbocycles. The number of benzene rings is 1. The average molecular weight is 508 g/mol. The molecule has 1 heterocycles. The molecule has 2 aromatic rings. The molecular weight excluding hydrogens is 483 g/mol. The molecule has 0 atom stereocenters. The number of nitrogens with one attached hydrogen (secondary N) is 2. The summed E-state index contributed by atoms with van der Waals surface area (Å²) in [7, 11) is -3.01. The van der Waals surface area contributed by atoms with E-state index in [0.717, 1.165) is 28.6 Å². The fraction of sp³-hybridized carbons (Fsp3) is 0.412. The number of guanidine groups is 1. The Morgan fingerprint density at radius 1 is 1.19 bits per heavy atom. The summed E-state index contributed by atoms with van der Waals surface area (Å²) >= 11 is 1.66. The molecule has 1 aromatic heterocycles. The van der Waals surface area contributed by atoms with Crippen LogP contribution in [0.2, 0.25) is 0 Å². The number of aryl methyl sites for hydroxylation is 1. The van der Waals surface area contributed by atoms with Crippen molar-refractivity contribution in [1.82, 2.24) is 15.6 Å². The van der Waals surface area contributed by atoms with Gasteiger partial charge in [0.05, 0.1) is 18.8 Å². The third kappa shape index (κ3) is 8.45. The topological polar surface area (TPSA) is 83.5 Å². The lowest BCUT2D eigenvalue weighted by Gasteiger charge is -2.10. The van der Waals surface area contributed by atoms with E-state index in [2.05, 4.69) is 20.6 Å². The predicted octanol–water partition coefficient (Wildman–Crippen LogP) is 2.87. The van der Waals surface area contributed by atoms with E-state index < -0.39 is 9.84 Å². The number of sulfone groups is 1. The molecule has 0 radical (unpaired) electrons. The number of nitrogens with zero attached hydrogens (tertiary/aromatic N) is 2. The van der Waals surface area contributed by atoms with E-state index in [0.29, 0.717) is 13.1 Å². The van der Waals surface area contributed by atoms with Crippen molar-refractivity contribution >= 4 is 51.1 Å². The first-order chi connectivity index (χ1) is 11.9. The van der Waals surface area contributed by atoms with Crippen LogP contribution >= 0.6 is 35.3 Å². The number of thiazole rings is 1. The van der Waals surface area contributed by atoms with E-state index in [1.54, 1.807) is 11.3 Å². The normalized spacial score (nSPS) is 11.7. The van der Waals surface area contributed by atoms with Gasteiger partial charge in [-0.25, -0.2) is 18.4 Å². The molecule has 0 saturated heterocycles. The van der Waals surface area contributed by atoms with Gasteiger partial charge >= 0.3 is 0 Å². The van der Waals surface area contributed by atoms with Crippen molar-refractivity contribution in [2.75, 3.05) is 12.8 Å². The number of aromatic nitrogens is 1. The van der Waals surface area contributed by atoms with Crippen LogP contribution in [0.1, 0.15) is 27.9 Å². The van der Waals surface area contributed by atoms with Crippen LogP contribution in [0.3, 0.4) is 0 Å². The average Bonchev–Trinajstić information content (AvgIpc) is 2.95. The zero-order valence-corrected chi connectivity index (χ0v) is 19.1.